The lowest BCUT2D eigenvalue weighted by molar-refractivity contribution is -0.116. The molecule has 0 radical (unpaired) electrons. The minimum Gasteiger partial charge on any atom is -0.505 e. The zero-order valence-corrected chi connectivity index (χ0v) is 12.4. The number of hydrogen-bond acceptors (Lipinski definition) is 2. The van der Waals surface area contributed by atoms with E-state index in [-0.39, 0.29) is 22.4 Å². The predicted molar refractivity (Wildman–Crippen MR) is 81.8 cm³/mol. The summed E-state index contributed by atoms with van der Waals surface area (Å²) in [4.78, 5) is 11.7. The van der Waals surface area contributed by atoms with Gasteiger partial charge in [0.1, 0.15) is 5.75 Å². The van der Waals surface area contributed by atoms with Gasteiger partial charge in [-0.05, 0) is 17.4 Å². The highest BCUT2D eigenvalue weighted by molar-refractivity contribution is 9.10. The normalized spacial score (nSPS) is 12.6. The maximum absolute atomic E-state index is 12.0. The Balaban J connectivity index is 2.31. The Kier molecular flexibility index (Phi) is 4.10. The van der Waals surface area contributed by atoms with Crippen molar-refractivity contribution in [2.45, 2.75) is 18.7 Å². The molecule has 0 spiro atoms. The molecule has 0 saturated carbocycles. The molecule has 0 aliphatic carbocycles. The molecule has 100 valence electrons. The summed E-state index contributed by atoms with van der Waals surface area (Å²) in [5.41, 5.74) is 0.439. The largest absolute Gasteiger partial charge is 0.505 e. The fourth-order valence-electron chi connectivity index (χ4n) is 1.86. The van der Waals surface area contributed by atoms with Crippen molar-refractivity contribution in [2.24, 2.45) is 5.92 Å². The van der Waals surface area contributed by atoms with Crippen LogP contribution in [-0.4, -0.2) is 15.8 Å². The van der Waals surface area contributed by atoms with Crippen LogP contribution in [0.4, 0.5) is 5.69 Å². The SMILES string of the molecule is CC(C)C(Br)C(=O)Nc1ccc2ccccc2c1O. The smallest absolute Gasteiger partial charge is 0.238 e. The second-order valence-electron chi connectivity index (χ2n) is 4.82. The average Bonchev–Trinajstić information content (AvgIpc) is 2.41. The van der Waals surface area contributed by atoms with E-state index in [9.17, 15) is 9.90 Å². The molecule has 2 rings (SSSR count). The van der Waals surface area contributed by atoms with Gasteiger partial charge in [0, 0.05) is 5.39 Å². The van der Waals surface area contributed by atoms with E-state index in [1.54, 1.807) is 6.07 Å². The Labute approximate surface area is 120 Å². The molecule has 1 amide bonds. The number of halogens is 1. The third-order valence-electron chi connectivity index (χ3n) is 2.99. The Hall–Kier alpha value is -1.55. The molecule has 2 aromatic rings. The Morgan fingerprint density at radius 1 is 1.21 bits per heavy atom. The van der Waals surface area contributed by atoms with Crippen molar-refractivity contribution in [1.29, 1.82) is 0 Å². The van der Waals surface area contributed by atoms with Crippen LogP contribution in [0.25, 0.3) is 10.8 Å². The van der Waals surface area contributed by atoms with Gasteiger partial charge in [0.25, 0.3) is 0 Å². The molecule has 0 aromatic heterocycles. The first-order chi connectivity index (χ1) is 9.00. The van der Waals surface area contributed by atoms with Crippen LogP contribution in [0, 0.1) is 5.92 Å². The van der Waals surface area contributed by atoms with Gasteiger partial charge in [-0.3, -0.25) is 4.79 Å². The van der Waals surface area contributed by atoms with Gasteiger partial charge in [-0.2, -0.15) is 0 Å². The summed E-state index contributed by atoms with van der Waals surface area (Å²) in [7, 11) is 0. The van der Waals surface area contributed by atoms with Gasteiger partial charge in [-0.25, -0.2) is 0 Å². The fourth-order valence-corrected chi connectivity index (χ4v) is 1.97. The van der Waals surface area contributed by atoms with Crippen molar-refractivity contribution in [1.82, 2.24) is 0 Å². The molecular formula is C15H16BrNO2. The van der Waals surface area contributed by atoms with E-state index in [1.807, 2.05) is 44.2 Å². The summed E-state index contributed by atoms with van der Waals surface area (Å²) in [5.74, 6) is 0.137. The van der Waals surface area contributed by atoms with Gasteiger partial charge in [0.2, 0.25) is 5.91 Å². The molecular weight excluding hydrogens is 306 g/mol. The average molecular weight is 322 g/mol. The summed E-state index contributed by atoms with van der Waals surface area (Å²) in [5, 5.41) is 14.6. The van der Waals surface area contributed by atoms with Crippen molar-refractivity contribution in [3.63, 3.8) is 0 Å². The van der Waals surface area contributed by atoms with Crippen LogP contribution >= 0.6 is 15.9 Å². The summed E-state index contributed by atoms with van der Waals surface area (Å²) in [6.45, 7) is 3.92. The number of benzene rings is 2. The van der Waals surface area contributed by atoms with Crippen LogP contribution in [0.3, 0.4) is 0 Å². The first kappa shape index (κ1) is 13.9. The summed E-state index contributed by atoms with van der Waals surface area (Å²) < 4.78 is 0. The van der Waals surface area contributed by atoms with Crippen molar-refractivity contribution in [3.05, 3.63) is 36.4 Å². The van der Waals surface area contributed by atoms with Crippen molar-refractivity contribution in [2.75, 3.05) is 5.32 Å². The number of alkyl halides is 1. The Morgan fingerprint density at radius 3 is 2.58 bits per heavy atom. The van der Waals surface area contributed by atoms with Gasteiger partial charge in [-0.1, -0.05) is 60.1 Å². The lowest BCUT2D eigenvalue weighted by Crippen LogP contribution is -2.27. The first-order valence-corrected chi connectivity index (χ1v) is 7.08. The van der Waals surface area contributed by atoms with Gasteiger partial charge < -0.3 is 10.4 Å². The third-order valence-corrected chi connectivity index (χ3v) is 4.47. The zero-order valence-electron chi connectivity index (χ0n) is 10.9. The number of phenolic OH excluding ortho intramolecular Hbond substituents is 1. The number of carbonyl (C=O) groups excluding carboxylic acids is 1. The van der Waals surface area contributed by atoms with Crippen LogP contribution < -0.4 is 5.32 Å². The monoisotopic (exact) mass is 321 g/mol. The second-order valence-corrected chi connectivity index (χ2v) is 5.80. The molecule has 19 heavy (non-hydrogen) atoms. The van der Waals surface area contributed by atoms with E-state index < -0.39 is 0 Å². The second kappa shape index (κ2) is 5.61. The molecule has 0 bridgehead atoms. The molecule has 1 unspecified atom stereocenters. The molecule has 0 aliphatic rings. The van der Waals surface area contributed by atoms with E-state index >= 15 is 0 Å². The molecule has 1 atom stereocenters. The number of amides is 1. The number of carbonyl (C=O) groups is 1. The van der Waals surface area contributed by atoms with Crippen LogP contribution in [0.5, 0.6) is 5.75 Å². The molecule has 2 N–H and O–H groups in total. The van der Waals surface area contributed by atoms with Gasteiger partial charge in [-0.15, -0.1) is 0 Å². The number of aromatic hydroxyl groups is 1. The molecule has 0 aliphatic heterocycles. The van der Waals surface area contributed by atoms with E-state index in [0.717, 1.165) is 10.8 Å². The van der Waals surface area contributed by atoms with Crippen molar-refractivity contribution >= 4 is 38.3 Å². The number of phenols is 1. The van der Waals surface area contributed by atoms with E-state index in [2.05, 4.69) is 21.2 Å². The maximum atomic E-state index is 12.0. The topological polar surface area (TPSA) is 49.3 Å². The number of fused-ring (bicyclic) bond motifs is 1. The predicted octanol–water partition coefficient (Wildman–Crippen LogP) is 3.90. The van der Waals surface area contributed by atoms with Crippen LogP contribution in [-0.2, 0) is 4.79 Å². The Morgan fingerprint density at radius 2 is 1.89 bits per heavy atom. The Bertz CT molecular complexity index is 610. The highest BCUT2D eigenvalue weighted by Crippen LogP contribution is 2.32. The number of nitrogens with one attached hydrogen (secondary N) is 1. The molecule has 0 saturated heterocycles. The molecule has 2 aromatic carbocycles. The summed E-state index contributed by atoms with van der Waals surface area (Å²) in [6, 6.07) is 11.1. The lowest BCUT2D eigenvalue weighted by Gasteiger charge is -2.15. The quantitative estimate of drug-likeness (QED) is 0.665. The fraction of sp³-hybridized carbons (Fsp3) is 0.267. The maximum Gasteiger partial charge on any atom is 0.238 e. The van der Waals surface area contributed by atoms with Crippen molar-refractivity contribution in [3.8, 4) is 5.75 Å². The van der Waals surface area contributed by atoms with Crippen LogP contribution in [0.1, 0.15) is 13.8 Å². The minimum atomic E-state index is -0.279. The lowest BCUT2D eigenvalue weighted by atomic mass is 10.1. The third kappa shape index (κ3) is 2.89. The van der Waals surface area contributed by atoms with Crippen LogP contribution in [0.15, 0.2) is 36.4 Å². The summed E-state index contributed by atoms with van der Waals surface area (Å²) >= 11 is 3.35. The van der Waals surface area contributed by atoms with E-state index in [1.165, 1.54) is 0 Å². The number of anilines is 1. The molecule has 3 nitrogen and oxygen atoms in total. The molecule has 0 heterocycles. The van der Waals surface area contributed by atoms with E-state index in [0.29, 0.717) is 5.69 Å². The molecule has 4 heteroatoms. The standard InChI is InChI=1S/C15H16BrNO2/c1-9(2)13(16)15(19)17-12-8-7-10-5-3-4-6-11(10)14(12)18/h3-9,13,18H,1-2H3,(H,17,19). The van der Waals surface area contributed by atoms with Gasteiger partial charge in [0.15, 0.2) is 0 Å². The highest BCUT2D eigenvalue weighted by atomic mass is 79.9. The number of rotatable bonds is 3. The minimum absolute atomic E-state index is 0.106. The summed E-state index contributed by atoms with van der Waals surface area (Å²) in [6.07, 6.45) is 0. The van der Waals surface area contributed by atoms with Crippen LogP contribution in [0.2, 0.25) is 0 Å². The highest BCUT2D eigenvalue weighted by Gasteiger charge is 2.19. The van der Waals surface area contributed by atoms with Crippen molar-refractivity contribution < 1.29 is 9.90 Å². The van der Waals surface area contributed by atoms with Gasteiger partial charge >= 0.3 is 0 Å². The van der Waals surface area contributed by atoms with Gasteiger partial charge in [0.05, 0.1) is 10.5 Å². The first-order valence-electron chi connectivity index (χ1n) is 6.16. The van der Waals surface area contributed by atoms with E-state index in [4.69, 9.17) is 0 Å². The molecule has 0 fully saturated rings. The number of hydrogen-bond donors (Lipinski definition) is 2. The zero-order chi connectivity index (χ0) is 14.0.